The van der Waals surface area contributed by atoms with Gasteiger partial charge >= 0.3 is 5.97 Å². The summed E-state index contributed by atoms with van der Waals surface area (Å²) in [7, 11) is 0. The van der Waals surface area contributed by atoms with Gasteiger partial charge in [0, 0.05) is 6.54 Å². The lowest BCUT2D eigenvalue weighted by Crippen LogP contribution is -2.21. The highest BCUT2D eigenvalue weighted by Gasteiger charge is 2.21. The summed E-state index contributed by atoms with van der Waals surface area (Å²) in [4.78, 5) is 28.5. The molecule has 1 aromatic heterocycles. The zero-order valence-electron chi connectivity index (χ0n) is 13.7. The van der Waals surface area contributed by atoms with E-state index in [2.05, 4.69) is 24.1 Å². The number of hydrogen-bond donors (Lipinski definition) is 1. The van der Waals surface area contributed by atoms with Crippen LogP contribution >= 0.6 is 0 Å². The van der Waals surface area contributed by atoms with Gasteiger partial charge < -0.3 is 5.11 Å². The second kappa shape index (κ2) is 5.70. The molecule has 124 valence electrons. The van der Waals surface area contributed by atoms with Gasteiger partial charge in [0.15, 0.2) is 0 Å². The molecule has 0 bridgehead atoms. The smallest absolute Gasteiger partial charge is 0.335 e. The molecule has 0 amide bonds. The van der Waals surface area contributed by atoms with Crippen LogP contribution in [0.1, 0.15) is 33.7 Å². The number of aryl methyl sites for hydroxylation is 1. The van der Waals surface area contributed by atoms with Crippen LogP contribution in [0, 0.1) is 6.92 Å². The molecule has 0 fully saturated rings. The zero-order valence-corrected chi connectivity index (χ0v) is 13.7. The van der Waals surface area contributed by atoms with Crippen LogP contribution in [0.15, 0.2) is 47.3 Å². The zero-order chi connectivity index (χ0) is 17.6. The third-order valence-electron chi connectivity index (χ3n) is 4.61. The van der Waals surface area contributed by atoms with Gasteiger partial charge in [-0.1, -0.05) is 24.3 Å². The summed E-state index contributed by atoms with van der Waals surface area (Å²) in [6, 6.07) is 12.6. The third-order valence-corrected chi connectivity index (χ3v) is 4.61. The fourth-order valence-corrected chi connectivity index (χ4v) is 3.22. The van der Waals surface area contributed by atoms with E-state index in [1.807, 2.05) is 18.2 Å². The minimum Gasteiger partial charge on any atom is -0.478 e. The number of aromatic nitrogens is 2. The van der Waals surface area contributed by atoms with E-state index in [1.165, 1.54) is 17.7 Å². The van der Waals surface area contributed by atoms with Gasteiger partial charge in [0.05, 0.1) is 16.5 Å². The molecule has 0 saturated heterocycles. The number of rotatable bonds is 2. The van der Waals surface area contributed by atoms with Gasteiger partial charge in [0.25, 0.3) is 5.56 Å². The van der Waals surface area contributed by atoms with E-state index in [1.54, 1.807) is 10.6 Å². The molecule has 1 aliphatic heterocycles. The summed E-state index contributed by atoms with van der Waals surface area (Å²) in [5.41, 5.74) is 3.75. The number of hydrogen-bond acceptors (Lipinski definition) is 3. The minimum absolute atomic E-state index is 0.0978. The average Bonchev–Trinajstić information content (AvgIpc) is 3.00. The molecule has 0 spiro atoms. The number of nitrogens with zero attached hydrogens (tertiary/aromatic N) is 2. The Bertz CT molecular complexity index is 1110. The van der Waals surface area contributed by atoms with E-state index >= 15 is 0 Å². The predicted molar refractivity (Wildman–Crippen MR) is 96.6 cm³/mol. The normalized spacial score (nSPS) is 14.8. The van der Waals surface area contributed by atoms with Gasteiger partial charge in [-0.3, -0.25) is 9.36 Å². The Morgan fingerprint density at radius 3 is 2.80 bits per heavy atom. The van der Waals surface area contributed by atoms with Gasteiger partial charge in [0.1, 0.15) is 5.82 Å². The summed E-state index contributed by atoms with van der Waals surface area (Å²) in [5, 5.41) is 9.47. The Kier molecular flexibility index (Phi) is 3.50. The largest absolute Gasteiger partial charge is 0.478 e. The maximum Gasteiger partial charge on any atom is 0.335 e. The number of carboxylic acids is 1. The maximum absolute atomic E-state index is 12.8. The molecule has 0 unspecified atom stereocenters. The van der Waals surface area contributed by atoms with Crippen LogP contribution in [0.3, 0.4) is 0 Å². The molecule has 25 heavy (non-hydrogen) atoms. The van der Waals surface area contributed by atoms with Crippen molar-refractivity contribution in [2.24, 2.45) is 0 Å². The van der Waals surface area contributed by atoms with Crippen molar-refractivity contribution < 1.29 is 9.90 Å². The summed E-state index contributed by atoms with van der Waals surface area (Å²) in [5.74, 6) is -0.379. The lowest BCUT2D eigenvalue weighted by molar-refractivity contribution is 0.0697. The van der Waals surface area contributed by atoms with E-state index in [0.29, 0.717) is 23.3 Å². The standard InChI is InChI=1S/C20H16N2O3/c1-12-4-2-3-5-13(12)10-14-8-9-22-18(14)21-17-7-6-15(20(24)25)11-16(17)19(22)23/h2-7,10-11H,8-9H2,1H3,(H,24,25). The molecule has 3 aromatic rings. The van der Waals surface area contributed by atoms with Gasteiger partial charge in [-0.2, -0.15) is 0 Å². The molecule has 5 nitrogen and oxygen atoms in total. The lowest BCUT2D eigenvalue weighted by atomic mass is 10.0. The first-order valence-corrected chi connectivity index (χ1v) is 8.09. The number of fused-ring (bicyclic) bond motifs is 2. The Hall–Kier alpha value is -3.21. The van der Waals surface area contributed by atoms with E-state index in [4.69, 9.17) is 5.11 Å². The predicted octanol–water partition coefficient (Wildman–Crippen LogP) is 3.35. The van der Waals surface area contributed by atoms with Crippen molar-refractivity contribution in [2.75, 3.05) is 0 Å². The molecule has 4 rings (SSSR count). The third kappa shape index (κ3) is 2.54. The molecule has 0 aliphatic carbocycles. The topological polar surface area (TPSA) is 72.2 Å². The summed E-state index contributed by atoms with van der Waals surface area (Å²) < 4.78 is 1.64. The fourth-order valence-electron chi connectivity index (χ4n) is 3.22. The Morgan fingerprint density at radius 2 is 2.04 bits per heavy atom. The quantitative estimate of drug-likeness (QED) is 0.781. The van der Waals surface area contributed by atoms with Crippen molar-refractivity contribution in [3.63, 3.8) is 0 Å². The first-order valence-electron chi connectivity index (χ1n) is 8.09. The van der Waals surface area contributed by atoms with Crippen LogP contribution < -0.4 is 5.56 Å². The Labute approximate surface area is 143 Å². The van der Waals surface area contributed by atoms with Crippen molar-refractivity contribution in [2.45, 2.75) is 19.9 Å². The van der Waals surface area contributed by atoms with E-state index in [-0.39, 0.29) is 11.1 Å². The van der Waals surface area contributed by atoms with Crippen molar-refractivity contribution in [1.29, 1.82) is 0 Å². The number of aromatic carboxylic acids is 1. The van der Waals surface area contributed by atoms with Gasteiger partial charge in [-0.15, -0.1) is 0 Å². The van der Waals surface area contributed by atoms with Crippen molar-refractivity contribution in [3.8, 4) is 0 Å². The molecule has 2 heterocycles. The van der Waals surface area contributed by atoms with Gasteiger partial charge in [-0.05, 0) is 54.3 Å². The number of carbonyl (C=O) groups is 1. The Morgan fingerprint density at radius 1 is 1.24 bits per heavy atom. The number of benzene rings is 2. The lowest BCUT2D eigenvalue weighted by Gasteiger charge is -2.07. The molecule has 5 heteroatoms. The van der Waals surface area contributed by atoms with Crippen LogP contribution in [0.4, 0.5) is 0 Å². The average molecular weight is 332 g/mol. The second-order valence-corrected chi connectivity index (χ2v) is 6.21. The molecule has 0 radical (unpaired) electrons. The minimum atomic E-state index is -1.05. The summed E-state index contributed by atoms with van der Waals surface area (Å²) >= 11 is 0. The number of carboxylic acid groups (broad SMARTS) is 1. The summed E-state index contributed by atoms with van der Waals surface area (Å²) in [6.45, 7) is 2.61. The molecule has 2 aromatic carbocycles. The summed E-state index contributed by atoms with van der Waals surface area (Å²) in [6.07, 6.45) is 2.82. The highest BCUT2D eigenvalue weighted by Crippen LogP contribution is 2.28. The number of allylic oxidation sites excluding steroid dienone is 1. The van der Waals surface area contributed by atoms with Crippen LogP contribution in [0.5, 0.6) is 0 Å². The monoisotopic (exact) mass is 332 g/mol. The van der Waals surface area contributed by atoms with Crippen molar-refractivity contribution in [1.82, 2.24) is 9.55 Å². The van der Waals surface area contributed by atoms with Crippen LogP contribution in [0.2, 0.25) is 0 Å². The van der Waals surface area contributed by atoms with Crippen LogP contribution in [0.25, 0.3) is 22.6 Å². The molecule has 1 N–H and O–H groups in total. The van der Waals surface area contributed by atoms with E-state index < -0.39 is 5.97 Å². The molecule has 1 aliphatic rings. The van der Waals surface area contributed by atoms with Crippen molar-refractivity contribution in [3.05, 3.63) is 75.3 Å². The first-order chi connectivity index (χ1) is 12.0. The second-order valence-electron chi connectivity index (χ2n) is 6.21. The maximum atomic E-state index is 12.8. The van der Waals surface area contributed by atoms with Gasteiger partial charge in [-0.25, -0.2) is 9.78 Å². The van der Waals surface area contributed by atoms with Crippen LogP contribution in [-0.2, 0) is 6.54 Å². The van der Waals surface area contributed by atoms with E-state index in [0.717, 1.165) is 17.6 Å². The fraction of sp³-hybridized carbons (Fsp3) is 0.150. The molecular weight excluding hydrogens is 316 g/mol. The SMILES string of the molecule is Cc1ccccc1C=C1CCn2c1nc1ccc(C(=O)O)cc1c2=O. The molecular formula is C20H16N2O3. The van der Waals surface area contributed by atoms with Crippen molar-refractivity contribution >= 4 is 28.5 Å². The first kappa shape index (κ1) is 15.3. The Balaban J connectivity index is 1.90. The highest BCUT2D eigenvalue weighted by atomic mass is 16.4. The molecule has 0 atom stereocenters. The van der Waals surface area contributed by atoms with E-state index in [9.17, 15) is 9.59 Å². The van der Waals surface area contributed by atoms with Gasteiger partial charge in [0.2, 0.25) is 0 Å². The highest BCUT2D eigenvalue weighted by molar-refractivity contribution is 5.93. The molecule has 0 saturated carbocycles. The van der Waals surface area contributed by atoms with Crippen LogP contribution in [-0.4, -0.2) is 20.6 Å².